The summed E-state index contributed by atoms with van der Waals surface area (Å²) in [7, 11) is 0. The summed E-state index contributed by atoms with van der Waals surface area (Å²) in [4.78, 5) is 0. The zero-order valence-electron chi connectivity index (χ0n) is 9.42. The second-order valence-corrected chi connectivity index (χ2v) is 6.23. The van der Waals surface area contributed by atoms with E-state index in [-0.39, 0.29) is 6.10 Å². The zero-order valence-corrected chi connectivity index (χ0v) is 9.42. The van der Waals surface area contributed by atoms with E-state index in [1.165, 1.54) is 19.3 Å². The molecule has 1 unspecified atom stereocenters. The van der Waals surface area contributed by atoms with Gasteiger partial charge in [0.25, 0.3) is 0 Å². The monoisotopic (exact) mass is 197 g/mol. The summed E-state index contributed by atoms with van der Waals surface area (Å²) in [5.41, 5.74) is 6.69. The van der Waals surface area contributed by atoms with Gasteiger partial charge >= 0.3 is 0 Å². The van der Waals surface area contributed by atoms with Crippen molar-refractivity contribution in [1.82, 2.24) is 0 Å². The summed E-state index contributed by atoms with van der Waals surface area (Å²) in [5.74, 6) is 0.769. The Morgan fingerprint density at radius 3 is 2.29 bits per heavy atom. The van der Waals surface area contributed by atoms with Crippen LogP contribution in [0.25, 0.3) is 0 Å². The minimum atomic E-state index is -0.0673. The van der Waals surface area contributed by atoms with E-state index in [2.05, 4.69) is 13.8 Å². The molecule has 2 saturated carbocycles. The van der Waals surface area contributed by atoms with Crippen LogP contribution in [-0.4, -0.2) is 17.8 Å². The maximum absolute atomic E-state index is 9.45. The summed E-state index contributed by atoms with van der Waals surface area (Å²) in [6, 6.07) is 0. The second-order valence-electron chi connectivity index (χ2n) is 6.23. The van der Waals surface area contributed by atoms with Gasteiger partial charge in [-0.2, -0.15) is 0 Å². The van der Waals surface area contributed by atoms with Crippen LogP contribution < -0.4 is 5.73 Å². The maximum atomic E-state index is 9.45. The molecule has 2 fully saturated rings. The largest absolute Gasteiger partial charge is 0.393 e. The standard InChI is InChI=1S/C12H23NO/c1-11(2)4-3-9(5-11)12(8-13)6-10(14)7-12/h9-10,14H,3-8,13H2,1-2H3. The van der Waals surface area contributed by atoms with Crippen molar-refractivity contribution in [3.05, 3.63) is 0 Å². The Hall–Kier alpha value is -0.0800. The molecule has 0 saturated heterocycles. The van der Waals surface area contributed by atoms with Gasteiger partial charge in [0.15, 0.2) is 0 Å². The van der Waals surface area contributed by atoms with Crippen LogP contribution in [0.2, 0.25) is 0 Å². The van der Waals surface area contributed by atoms with Crippen LogP contribution in [0, 0.1) is 16.7 Å². The average molecular weight is 197 g/mol. The molecule has 0 radical (unpaired) electrons. The molecule has 2 aliphatic carbocycles. The summed E-state index contributed by atoms with van der Waals surface area (Å²) < 4.78 is 0. The lowest BCUT2D eigenvalue weighted by molar-refractivity contribution is -0.0647. The van der Waals surface area contributed by atoms with Crippen LogP contribution in [-0.2, 0) is 0 Å². The Labute approximate surface area is 86.9 Å². The molecule has 1 atom stereocenters. The molecular weight excluding hydrogens is 174 g/mol. The summed E-state index contributed by atoms with van der Waals surface area (Å²) in [6.07, 6.45) is 5.78. The molecule has 0 aliphatic heterocycles. The Morgan fingerprint density at radius 2 is 1.93 bits per heavy atom. The van der Waals surface area contributed by atoms with Crippen molar-refractivity contribution in [2.45, 2.75) is 52.1 Å². The van der Waals surface area contributed by atoms with Gasteiger partial charge in [0.1, 0.15) is 0 Å². The summed E-state index contributed by atoms with van der Waals surface area (Å²) >= 11 is 0. The second kappa shape index (κ2) is 3.21. The fourth-order valence-electron chi connectivity index (χ4n) is 3.50. The molecule has 0 amide bonds. The molecule has 2 heteroatoms. The third-order valence-electron chi connectivity index (χ3n) is 4.53. The van der Waals surface area contributed by atoms with Gasteiger partial charge in [0.2, 0.25) is 0 Å². The lowest BCUT2D eigenvalue weighted by Crippen LogP contribution is -2.50. The summed E-state index contributed by atoms with van der Waals surface area (Å²) in [6.45, 7) is 5.48. The summed E-state index contributed by atoms with van der Waals surface area (Å²) in [5, 5.41) is 9.45. The van der Waals surface area contributed by atoms with Gasteiger partial charge < -0.3 is 10.8 Å². The molecule has 2 aliphatic rings. The molecule has 0 aromatic rings. The van der Waals surface area contributed by atoms with Crippen LogP contribution in [0.15, 0.2) is 0 Å². The number of rotatable bonds is 2. The van der Waals surface area contributed by atoms with Crippen molar-refractivity contribution in [2.24, 2.45) is 22.5 Å². The highest BCUT2D eigenvalue weighted by atomic mass is 16.3. The van der Waals surface area contributed by atoms with E-state index in [1.807, 2.05) is 0 Å². The number of aliphatic hydroxyl groups excluding tert-OH is 1. The smallest absolute Gasteiger partial charge is 0.0552 e. The highest BCUT2D eigenvalue weighted by molar-refractivity contribution is 5.02. The maximum Gasteiger partial charge on any atom is 0.0552 e. The average Bonchev–Trinajstić information content (AvgIpc) is 2.40. The van der Waals surface area contributed by atoms with Crippen LogP contribution in [0.5, 0.6) is 0 Å². The minimum absolute atomic E-state index is 0.0673. The first kappa shape index (κ1) is 10.4. The Morgan fingerprint density at radius 1 is 1.29 bits per heavy atom. The van der Waals surface area contributed by atoms with Gasteiger partial charge in [0, 0.05) is 0 Å². The van der Waals surface area contributed by atoms with Crippen molar-refractivity contribution in [3.8, 4) is 0 Å². The first-order chi connectivity index (χ1) is 6.47. The zero-order chi connectivity index (χ0) is 10.4. The molecule has 3 N–H and O–H groups in total. The number of nitrogens with two attached hydrogens (primary N) is 1. The highest BCUT2D eigenvalue weighted by Crippen LogP contribution is 2.56. The first-order valence-electron chi connectivity index (χ1n) is 5.86. The number of aliphatic hydroxyl groups is 1. The van der Waals surface area contributed by atoms with Gasteiger partial charge in [-0.15, -0.1) is 0 Å². The highest BCUT2D eigenvalue weighted by Gasteiger charge is 2.51. The Balaban J connectivity index is 2.01. The molecular formula is C12H23NO. The van der Waals surface area contributed by atoms with E-state index < -0.39 is 0 Å². The van der Waals surface area contributed by atoms with Gasteiger partial charge in [-0.1, -0.05) is 13.8 Å². The van der Waals surface area contributed by atoms with E-state index in [1.54, 1.807) is 0 Å². The fourth-order valence-corrected chi connectivity index (χ4v) is 3.50. The van der Waals surface area contributed by atoms with E-state index in [4.69, 9.17) is 5.73 Å². The van der Waals surface area contributed by atoms with Gasteiger partial charge in [-0.3, -0.25) is 0 Å². The third kappa shape index (κ3) is 1.59. The van der Waals surface area contributed by atoms with Crippen molar-refractivity contribution < 1.29 is 5.11 Å². The van der Waals surface area contributed by atoms with E-state index in [9.17, 15) is 5.11 Å². The van der Waals surface area contributed by atoms with Crippen molar-refractivity contribution >= 4 is 0 Å². The SMILES string of the molecule is CC1(C)CCC(C2(CN)CC(O)C2)C1. The molecule has 2 nitrogen and oxygen atoms in total. The minimum Gasteiger partial charge on any atom is -0.393 e. The predicted molar refractivity (Wildman–Crippen MR) is 57.9 cm³/mol. The van der Waals surface area contributed by atoms with Crippen molar-refractivity contribution in [2.75, 3.05) is 6.54 Å². The van der Waals surface area contributed by atoms with E-state index in [0.717, 1.165) is 25.3 Å². The Bertz CT molecular complexity index is 218. The normalized spacial score (nSPS) is 46.3. The lowest BCUT2D eigenvalue weighted by atomic mass is 9.58. The van der Waals surface area contributed by atoms with Crippen LogP contribution in [0.4, 0.5) is 0 Å². The van der Waals surface area contributed by atoms with E-state index >= 15 is 0 Å². The van der Waals surface area contributed by atoms with Gasteiger partial charge in [-0.05, 0) is 55.4 Å². The number of hydrogen-bond donors (Lipinski definition) is 2. The molecule has 2 rings (SSSR count). The van der Waals surface area contributed by atoms with Crippen molar-refractivity contribution in [3.63, 3.8) is 0 Å². The Kier molecular flexibility index (Phi) is 2.39. The lowest BCUT2D eigenvalue weighted by Gasteiger charge is -2.49. The van der Waals surface area contributed by atoms with Crippen LogP contribution in [0.1, 0.15) is 46.0 Å². The number of hydrogen-bond acceptors (Lipinski definition) is 2. The first-order valence-corrected chi connectivity index (χ1v) is 5.86. The molecule has 0 heterocycles. The molecule has 0 spiro atoms. The van der Waals surface area contributed by atoms with Crippen LogP contribution >= 0.6 is 0 Å². The van der Waals surface area contributed by atoms with E-state index in [0.29, 0.717) is 10.8 Å². The van der Waals surface area contributed by atoms with Gasteiger partial charge in [-0.25, -0.2) is 0 Å². The predicted octanol–water partition coefficient (Wildman–Crippen LogP) is 1.91. The molecule has 0 bridgehead atoms. The quantitative estimate of drug-likeness (QED) is 0.710. The van der Waals surface area contributed by atoms with Gasteiger partial charge in [0.05, 0.1) is 6.10 Å². The fraction of sp³-hybridized carbons (Fsp3) is 1.00. The topological polar surface area (TPSA) is 46.2 Å². The van der Waals surface area contributed by atoms with Crippen LogP contribution in [0.3, 0.4) is 0 Å². The van der Waals surface area contributed by atoms with Crippen molar-refractivity contribution in [1.29, 1.82) is 0 Å². The third-order valence-corrected chi connectivity index (χ3v) is 4.53. The molecule has 0 aromatic carbocycles. The molecule has 0 aromatic heterocycles. The molecule has 14 heavy (non-hydrogen) atoms. The molecule has 82 valence electrons.